The summed E-state index contributed by atoms with van der Waals surface area (Å²) in [4.78, 5) is 0. The maximum atomic E-state index is 12.7. The van der Waals surface area contributed by atoms with Gasteiger partial charge in [0.1, 0.15) is 5.82 Å². The standard InChI is InChI=1S/C14H18FN3O/c15-13-5-3-12(4-6-13)14(19)11-16-7-1-9-18-10-2-8-17-18/h2-6,8,10,14,16,19H,1,7,9,11H2. The second-order valence-corrected chi connectivity index (χ2v) is 4.39. The van der Waals surface area contributed by atoms with E-state index in [1.807, 2.05) is 16.9 Å². The lowest BCUT2D eigenvalue weighted by Crippen LogP contribution is -2.23. The molecule has 4 nitrogen and oxygen atoms in total. The van der Waals surface area contributed by atoms with Crippen molar-refractivity contribution in [2.75, 3.05) is 13.1 Å². The molecule has 0 radical (unpaired) electrons. The van der Waals surface area contributed by atoms with Gasteiger partial charge in [0.2, 0.25) is 0 Å². The molecule has 1 unspecified atom stereocenters. The number of hydrogen-bond acceptors (Lipinski definition) is 3. The summed E-state index contributed by atoms with van der Waals surface area (Å²) in [5, 5.41) is 17.2. The fourth-order valence-electron chi connectivity index (χ4n) is 1.84. The van der Waals surface area contributed by atoms with Gasteiger partial charge in [0, 0.05) is 25.5 Å². The number of hydrogen-bond donors (Lipinski definition) is 2. The third kappa shape index (κ3) is 4.46. The average molecular weight is 263 g/mol. The Morgan fingerprint density at radius 3 is 2.79 bits per heavy atom. The molecule has 102 valence electrons. The molecule has 0 fully saturated rings. The molecule has 0 amide bonds. The highest BCUT2D eigenvalue weighted by Gasteiger charge is 2.06. The molecule has 0 bridgehead atoms. The van der Waals surface area contributed by atoms with Crippen LogP contribution in [-0.4, -0.2) is 28.0 Å². The lowest BCUT2D eigenvalue weighted by molar-refractivity contribution is 0.174. The summed E-state index contributed by atoms with van der Waals surface area (Å²) < 4.78 is 14.6. The lowest BCUT2D eigenvalue weighted by atomic mass is 10.1. The number of aromatic nitrogens is 2. The Bertz CT molecular complexity index is 470. The van der Waals surface area contributed by atoms with Crippen molar-refractivity contribution in [1.29, 1.82) is 0 Å². The van der Waals surface area contributed by atoms with E-state index in [-0.39, 0.29) is 5.82 Å². The van der Waals surface area contributed by atoms with Crippen LogP contribution in [0.4, 0.5) is 4.39 Å². The number of aliphatic hydroxyl groups excluding tert-OH is 1. The molecule has 1 aromatic heterocycles. The van der Waals surface area contributed by atoms with Gasteiger partial charge in [0.05, 0.1) is 6.10 Å². The van der Waals surface area contributed by atoms with E-state index in [1.165, 1.54) is 12.1 Å². The minimum absolute atomic E-state index is 0.289. The first-order valence-electron chi connectivity index (χ1n) is 6.37. The SMILES string of the molecule is OC(CNCCCn1cccn1)c1ccc(F)cc1. The smallest absolute Gasteiger partial charge is 0.123 e. The number of rotatable bonds is 7. The number of aliphatic hydroxyl groups is 1. The summed E-state index contributed by atoms with van der Waals surface area (Å²) in [5.74, 6) is -0.289. The molecule has 2 rings (SSSR count). The molecule has 0 spiro atoms. The zero-order valence-electron chi connectivity index (χ0n) is 10.7. The van der Waals surface area contributed by atoms with Crippen LogP contribution >= 0.6 is 0 Å². The maximum Gasteiger partial charge on any atom is 0.123 e. The summed E-state index contributed by atoms with van der Waals surface area (Å²) >= 11 is 0. The number of halogens is 1. The van der Waals surface area contributed by atoms with Crippen molar-refractivity contribution < 1.29 is 9.50 Å². The van der Waals surface area contributed by atoms with E-state index in [2.05, 4.69) is 10.4 Å². The molecule has 0 aliphatic carbocycles. The Morgan fingerprint density at radius 2 is 2.11 bits per heavy atom. The first-order valence-corrected chi connectivity index (χ1v) is 6.37. The molecule has 0 aliphatic rings. The third-order valence-corrected chi connectivity index (χ3v) is 2.89. The molecule has 0 saturated heterocycles. The van der Waals surface area contributed by atoms with Crippen LogP contribution in [0.15, 0.2) is 42.7 Å². The minimum Gasteiger partial charge on any atom is -0.387 e. The Morgan fingerprint density at radius 1 is 1.32 bits per heavy atom. The van der Waals surface area contributed by atoms with Crippen LogP contribution in [-0.2, 0) is 6.54 Å². The van der Waals surface area contributed by atoms with Gasteiger partial charge in [-0.05, 0) is 36.7 Å². The highest BCUT2D eigenvalue weighted by atomic mass is 19.1. The fourth-order valence-corrected chi connectivity index (χ4v) is 1.84. The van der Waals surface area contributed by atoms with Gasteiger partial charge < -0.3 is 10.4 Å². The number of aryl methyl sites for hydroxylation is 1. The van der Waals surface area contributed by atoms with E-state index in [9.17, 15) is 9.50 Å². The van der Waals surface area contributed by atoms with Crippen molar-refractivity contribution in [2.24, 2.45) is 0 Å². The molecule has 19 heavy (non-hydrogen) atoms. The maximum absolute atomic E-state index is 12.7. The predicted octanol–water partition coefficient (Wildman–Crippen LogP) is 1.74. The highest BCUT2D eigenvalue weighted by Crippen LogP contribution is 2.12. The van der Waals surface area contributed by atoms with Gasteiger partial charge in [-0.15, -0.1) is 0 Å². The summed E-state index contributed by atoms with van der Waals surface area (Å²) in [7, 11) is 0. The number of nitrogens with one attached hydrogen (secondary N) is 1. The van der Waals surface area contributed by atoms with Crippen molar-refractivity contribution in [1.82, 2.24) is 15.1 Å². The Labute approximate surface area is 111 Å². The van der Waals surface area contributed by atoms with E-state index in [0.29, 0.717) is 6.54 Å². The van der Waals surface area contributed by atoms with Crippen LogP contribution in [0.25, 0.3) is 0 Å². The van der Waals surface area contributed by atoms with Gasteiger partial charge in [-0.2, -0.15) is 5.10 Å². The number of benzene rings is 1. The summed E-state index contributed by atoms with van der Waals surface area (Å²) in [5.41, 5.74) is 0.723. The normalized spacial score (nSPS) is 12.5. The predicted molar refractivity (Wildman–Crippen MR) is 71.1 cm³/mol. The van der Waals surface area contributed by atoms with Crippen molar-refractivity contribution in [2.45, 2.75) is 19.1 Å². The molecular weight excluding hydrogens is 245 g/mol. The summed E-state index contributed by atoms with van der Waals surface area (Å²) in [6.07, 6.45) is 4.02. The van der Waals surface area contributed by atoms with Crippen LogP contribution in [0.2, 0.25) is 0 Å². The van der Waals surface area contributed by atoms with Gasteiger partial charge in [-0.25, -0.2) is 4.39 Å². The summed E-state index contributed by atoms with van der Waals surface area (Å²) in [6, 6.07) is 7.81. The van der Waals surface area contributed by atoms with Crippen molar-refractivity contribution in [3.8, 4) is 0 Å². The monoisotopic (exact) mass is 263 g/mol. The van der Waals surface area contributed by atoms with E-state index in [4.69, 9.17) is 0 Å². The molecule has 1 aromatic carbocycles. The van der Waals surface area contributed by atoms with Gasteiger partial charge in [-0.1, -0.05) is 12.1 Å². The molecule has 2 aromatic rings. The molecule has 1 heterocycles. The first kappa shape index (κ1) is 13.7. The van der Waals surface area contributed by atoms with Crippen LogP contribution in [0.1, 0.15) is 18.1 Å². The van der Waals surface area contributed by atoms with Crippen molar-refractivity contribution >= 4 is 0 Å². The van der Waals surface area contributed by atoms with Crippen LogP contribution < -0.4 is 5.32 Å². The molecule has 5 heteroatoms. The number of nitrogens with zero attached hydrogens (tertiary/aromatic N) is 2. The Hall–Kier alpha value is -1.72. The topological polar surface area (TPSA) is 50.1 Å². The van der Waals surface area contributed by atoms with E-state index in [1.54, 1.807) is 18.3 Å². The zero-order valence-corrected chi connectivity index (χ0v) is 10.7. The molecule has 2 N–H and O–H groups in total. The average Bonchev–Trinajstić information content (AvgIpc) is 2.92. The van der Waals surface area contributed by atoms with Crippen LogP contribution in [0.3, 0.4) is 0 Å². The van der Waals surface area contributed by atoms with Crippen LogP contribution in [0.5, 0.6) is 0 Å². The quantitative estimate of drug-likeness (QED) is 0.748. The Kier molecular flexibility index (Phi) is 5.06. The van der Waals surface area contributed by atoms with Crippen LogP contribution in [0, 0.1) is 5.82 Å². The van der Waals surface area contributed by atoms with Crippen molar-refractivity contribution in [3.05, 3.63) is 54.1 Å². The minimum atomic E-state index is -0.606. The zero-order chi connectivity index (χ0) is 13.5. The molecular formula is C14H18FN3O. The first-order chi connectivity index (χ1) is 9.25. The molecule has 0 aliphatic heterocycles. The Balaban J connectivity index is 1.63. The fraction of sp³-hybridized carbons (Fsp3) is 0.357. The van der Waals surface area contributed by atoms with Gasteiger partial charge in [0.25, 0.3) is 0 Å². The van der Waals surface area contributed by atoms with E-state index in [0.717, 1.165) is 25.1 Å². The van der Waals surface area contributed by atoms with Crippen molar-refractivity contribution in [3.63, 3.8) is 0 Å². The van der Waals surface area contributed by atoms with E-state index >= 15 is 0 Å². The van der Waals surface area contributed by atoms with Gasteiger partial charge >= 0.3 is 0 Å². The molecule has 1 atom stereocenters. The lowest BCUT2D eigenvalue weighted by Gasteiger charge is -2.12. The summed E-state index contributed by atoms with van der Waals surface area (Å²) in [6.45, 7) is 2.12. The highest BCUT2D eigenvalue weighted by molar-refractivity contribution is 5.18. The largest absolute Gasteiger partial charge is 0.387 e. The molecule has 0 saturated carbocycles. The van der Waals surface area contributed by atoms with Gasteiger partial charge in [0.15, 0.2) is 0 Å². The second-order valence-electron chi connectivity index (χ2n) is 4.39. The second kappa shape index (κ2) is 7.01. The third-order valence-electron chi connectivity index (χ3n) is 2.89. The van der Waals surface area contributed by atoms with E-state index < -0.39 is 6.10 Å². The van der Waals surface area contributed by atoms with Gasteiger partial charge in [-0.3, -0.25) is 4.68 Å².